The predicted molar refractivity (Wildman–Crippen MR) is 96.7 cm³/mol. The lowest BCUT2D eigenvalue weighted by Gasteiger charge is -2.31. The average Bonchev–Trinajstić information content (AvgIpc) is 3.23. The number of fused-ring (bicyclic) bond motifs is 1. The van der Waals surface area contributed by atoms with Gasteiger partial charge in [0.1, 0.15) is 5.01 Å². The summed E-state index contributed by atoms with van der Waals surface area (Å²) in [6, 6.07) is 10.2. The molecule has 130 valence electrons. The van der Waals surface area contributed by atoms with Crippen molar-refractivity contribution in [2.75, 3.05) is 13.1 Å². The highest BCUT2D eigenvalue weighted by Crippen LogP contribution is 2.31. The molecular weight excluding hydrogens is 334 g/mol. The van der Waals surface area contributed by atoms with Crippen LogP contribution in [-0.2, 0) is 11.2 Å². The van der Waals surface area contributed by atoms with E-state index in [1.165, 1.54) is 5.56 Å². The Morgan fingerprint density at radius 3 is 2.68 bits per heavy atom. The Kier molecular flexibility index (Phi) is 4.48. The van der Waals surface area contributed by atoms with Gasteiger partial charge in [-0.05, 0) is 31.7 Å². The molecule has 0 N–H and O–H groups in total. The van der Waals surface area contributed by atoms with E-state index in [1.807, 2.05) is 34.5 Å². The quantitative estimate of drug-likeness (QED) is 0.722. The van der Waals surface area contributed by atoms with Crippen molar-refractivity contribution >= 4 is 22.2 Å². The number of piperidine rings is 1. The molecule has 1 saturated heterocycles. The number of aryl methyl sites for hydroxylation is 2. The molecule has 3 heterocycles. The summed E-state index contributed by atoms with van der Waals surface area (Å²) in [5.74, 6) is 1.51. The van der Waals surface area contributed by atoms with Crippen molar-refractivity contribution < 1.29 is 4.79 Å². The zero-order chi connectivity index (χ0) is 17.2. The number of nitrogens with zero attached hydrogens (tertiary/aromatic N) is 5. The molecule has 0 radical (unpaired) electrons. The van der Waals surface area contributed by atoms with Gasteiger partial charge in [0.25, 0.3) is 0 Å². The molecule has 6 nitrogen and oxygen atoms in total. The Morgan fingerprint density at radius 1 is 1.20 bits per heavy atom. The third-order valence-corrected chi connectivity index (χ3v) is 5.89. The molecule has 3 aromatic rings. The molecule has 1 amide bonds. The molecule has 0 spiro atoms. The summed E-state index contributed by atoms with van der Waals surface area (Å²) < 4.78 is 1.82. The van der Waals surface area contributed by atoms with Gasteiger partial charge in [-0.1, -0.05) is 41.7 Å². The first kappa shape index (κ1) is 16.2. The molecule has 25 heavy (non-hydrogen) atoms. The van der Waals surface area contributed by atoms with Crippen LogP contribution in [-0.4, -0.2) is 43.7 Å². The molecule has 1 aliphatic heterocycles. The molecule has 0 saturated carbocycles. The monoisotopic (exact) mass is 355 g/mol. The van der Waals surface area contributed by atoms with Crippen LogP contribution in [0.25, 0.3) is 4.96 Å². The Labute approximate surface area is 150 Å². The first-order chi connectivity index (χ1) is 12.2. The fourth-order valence-corrected chi connectivity index (χ4v) is 4.38. The predicted octanol–water partition coefficient (Wildman–Crippen LogP) is 2.83. The van der Waals surface area contributed by atoms with E-state index in [-0.39, 0.29) is 5.91 Å². The molecule has 0 unspecified atom stereocenters. The first-order valence-electron chi connectivity index (χ1n) is 8.71. The summed E-state index contributed by atoms with van der Waals surface area (Å²) in [7, 11) is 0. The molecule has 0 aliphatic carbocycles. The standard InChI is InChI=1S/C18H21N5OS/c1-13-19-20-18-23(13)21-17(25-18)15-9-11-22(12-10-15)16(24)8-7-14-5-3-2-4-6-14/h2-6,15H,7-12H2,1H3. The molecular formula is C18H21N5OS. The number of benzene rings is 1. The van der Waals surface area contributed by atoms with Crippen molar-refractivity contribution in [2.24, 2.45) is 0 Å². The van der Waals surface area contributed by atoms with E-state index in [4.69, 9.17) is 0 Å². The number of carbonyl (C=O) groups excluding carboxylic acids is 1. The highest BCUT2D eigenvalue weighted by molar-refractivity contribution is 7.16. The fraction of sp³-hybridized carbons (Fsp3) is 0.444. The molecule has 2 aromatic heterocycles. The number of hydrogen-bond donors (Lipinski definition) is 0. The van der Waals surface area contributed by atoms with E-state index in [2.05, 4.69) is 27.4 Å². The highest BCUT2D eigenvalue weighted by Gasteiger charge is 2.26. The molecule has 1 fully saturated rings. The van der Waals surface area contributed by atoms with E-state index in [9.17, 15) is 4.79 Å². The van der Waals surface area contributed by atoms with Crippen LogP contribution in [0, 0.1) is 6.92 Å². The Morgan fingerprint density at radius 2 is 1.96 bits per heavy atom. The van der Waals surface area contributed by atoms with Gasteiger partial charge in [0, 0.05) is 25.4 Å². The Hall–Kier alpha value is -2.28. The molecule has 7 heteroatoms. The topological polar surface area (TPSA) is 63.4 Å². The van der Waals surface area contributed by atoms with Crippen LogP contribution < -0.4 is 0 Å². The summed E-state index contributed by atoms with van der Waals surface area (Å²) in [6.45, 7) is 3.55. The van der Waals surface area contributed by atoms with Crippen molar-refractivity contribution in [1.29, 1.82) is 0 Å². The van der Waals surface area contributed by atoms with E-state index < -0.39 is 0 Å². The van der Waals surface area contributed by atoms with Gasteiger partial charge in [0.2, 0.25) is 10.9 Å². The van der Waals surface area contributed by atoms with Crippen molar-refractivity contribution in [3.05, 3.63) is 46.7 Å². The minimum absolute atomic E-state index is 0.260. The van der Waals surface area contributed by atoms with Crippen LogP contribution in [0.15, 0.2) is 30.3 Å². The van der Waals surface area contributed by atoms with Crippen LogP contribution in [0.4, 0.5) is 0 Å². The SMILES string of the molecule is Cc1nnc2sc(C3CCN(C(=O)CCc4ccccc4)CC3)nn12. The van der Waals surface area contributed by atoms with E-state index in [0.29, 0.717) is 12.3 Å². The maximum atomic E-state index is 12.4. The van der Waals surface area contributed by atoms with Gasteiger partial charge in [-0.25, -0.2) is 0 Å². The van der Waals surface area contributed by atoms with Crippen molar-refractivity contribution in [3.63, 3.8) is 0 Å². The largest absolute Gasteiger partial charge is 0.343 e. The highest BCUT2D eigenvalue weighted by atomic mass is 32.1. The van der Waals surface area contributed by atoms with Gasteiger partial charge in [0.15, 0.2) is 5.82 Å². The second-order valence-corrected chi connectivity index (χ2v) is 7.51. The van der Waals surface area contributed by atoms with Gasteiger partial charge in [-0.3, -0.25) is 4.79 Å². The summed E-state index contributed by atoms with van der Waals surface area (Å²) in [4.78, 5) is 15.3. The van der Waals surface area contributed by atoms with Gasteiger partial charge in [-0.2, -0.15) is 9.61 Å². The first-order valence-corrected chi connectivity index (χ1v) is 9.53. The van der Waals surface area contributed by atoms with E-state index in [1.54, 1.807) is 11.3 Å². The van der Waals surface area contributed by atoms with Crippen LogP contribution in [0.1, 0.15) is 41.6 Å². The minimum atomic E-state index is 0.260. The van der Waals surface area contributed by atoms with Gasteiger partial charge < -0.3 is 4.90 Å². The zero-order valence-electron chi connectivity index (χ0n) is 14.3. The van der Waals surface area contributed by atoms with Gasteiger partial charge in [-0.15, -0.1) is 10.2 Å². The second kappa shape index (κ2) is 6.92. The number of likely N-dealkylation sites (tertiary alicyclic amines) is 1. The van der Waals surface area contributed by atoms with Crippen LogP contribution >= 0.6 is 11.3 Å². The van der Waals surface area contributed by atoms with E-state index >= 15 is 0 Å². The average molecular weight is 355 g/mol. The molecule has 4 rings (SSSR count). The minimum Gasteiger partial charge on any atom is -0.343 e. The number of amides is 1. The number of hydrogen-bond acceptors (Lipinski definition) is 5. The van der Waals surface area contributed by atoms with Gasteiger partial charge >= 0.3 is 0 Å². The van der Waals surface area contributed by atoms with E-state index in [0.717, 1.165) is 48.1 Å². The maximum Gasteiger partial charge on any atom is 0.234 e. The lowest BCUT2D eigenvalue weighted by molar-refractivity contribution is -0.132. The van der Waals surface area contributed by atoms with Crippen molar-refractivity contribution in [2.45, 2.75) is 38.5 Å². The fourth-order valence-electron chi connectivity index (χ4n) is 3.32. The lowest BCUT2D eigenvalue weighted by atomic mass is 9.97. The summed E-state index contributed by atoms with van der Waals surface area (Å²) in [6.07, 6.45) is 3.35. The normalized spacial score (nSPS) is 15.8. The summed E-state index contributed by atoms with van der Waals surface area (Å²) in [5.41, 5.74) is 1.22. The maximum absolute atomic E-state index is 12.4. The molecule has 0 atom stereocenters. The van der Waals surface area contributed by atoms with Crippen molar-refractivity contribution in [3.8, 4) is 0 Å². The molecule has 1 aromatic carbocycles. The Bertz CT molecular complexity index is 864. The van der Waals surface area contributed by atoms with Crippen LogP contribution in [0.5, 0.6) is 0 Å². The third-order valence-electron chi connectivity index (χ3n) is 4.83. The molecule has 1 aliphatic rings. The number of rotatable bonds is 4. The van der Waals surface area contributed by atoms with Crippen LogP contribution in [0.2, 0.25) is 0 Å². The van der Waals surface area contributed by atoms with Crippen LogP contribution in [0.3, 0.4) is 0 Å². The summed E-state index contributed by atoms with van der Waals surface area (Å²) in [5, 5.41) is 13.9. The van der Waals surface area contributed by atoms with Gasteiger partial charge in [0.05, 0.1) is 0 Å². The zero-order valence-corrected chi connectivity index (χ0v) is 15.1. The van der Waals surface area contributed by atoms with Crippen molar-refractivity contribution in [1.82, 2.24) is 24.7 Å². The number of carbonyl (C=O) groups is 1. The molecule has 0 bridgehead atoms. The second-order valence-electron chi connectivity index (χ2n) is 6.52. The number of aromatic nitrogens is 4. The lowest BCUT2D eigenvalue weighted by Crippen LogP contribution is -2.38. The third kappa shape index (κ3) is 3.42. The smallest absolute Gasteiger partial charge is 0.234 e. The Balaban J connectivity index is 1.32. The summed E-state index contributed by atoms with van der Waals surface area (Å²) >= 11 is 1.62.